The molecule has 1 atom stereocenters. The first-order chi connectivity index (χ1) is 5.95. The normalized spacial score (nSPS) is 31.5. The topological polar surface area (TPSA) is 21.7 Å². The quantitative estimate of drug-likeness (QED) is 0.636. The fourth-order valence-corrected chi connectivity index (χ4v) is 1.54. The molecular formula is C9H17NO2. The Labute approximate surface area is 73.6 Å². The molecular weight excluding hydrogens is 154 g/mol. The molecule has 0 aromatic carbocycles. The molecule has 12 heavy (non-hydrogen) atoms. The fraction of sp³-hybridized carbons (Fsp3) is 1.00. The first-order valence-electron chi connectivity index (χ1n) is 4.91. The largest absolute Gasteiger partial charge is 0.353 e. The van der Waals surface area contributed by atoms with Gasteiger partial charge < -0.3 is 9.47 Å². The zero-order valence-electron chi connectivity index (χ0n) is 7.50. The minimum absolute atomic E-state index is 0.0827. The molecule has 2 aliphatic heterocycles. The van der Waals surface area contributed by atoms with Gasteiger partial charge in [-0.3, -0.25) is 4.90 Å². The zero-order chi connectivity index (χ0) is 8.23. The van der Waals surface area contributed by atoms with Gasteiger partial charge >= 0.3 is 0 Å². The summed E-state index contributed by atoms with van der Waals surface area (Å²) in [6.07, 6.45) is 4.94. The predicted molar refractivity (Wildman–Crippen MR) is 45.7 cm³/mol. The van der Waals surface area contributed by atoms with Crippen molar-refractivity contribution in [2.45, 2.75) is 32.0 Å². The molecule has 1 unspecified atom stereocenters. The summed E-state index contributed by atoms with van der Waals surface area (Å²) in [5.41, 5.74) is 0. The van der Waals surface area contributed by atoms with E-state index < -0.39 is 0 Å². The Balaban J connectivity index is 1.58. The van der Waals surface area contributed by atoms with E-state index in [0.717, 1.165) is 19.8 Å². The third kappa shape index (κ3) is 2.19. The lowest BCUT2D eigenvalue weighted by Crippen LogP contribution is -2.40. The standard InChI is InChI=1S/C9H17NO2/c1-2-7-11-9(4-1)12-8-10-5-3-6-10/h9H,1-8H2. The van der Waals surface area contributed by atoms with Crippen molar-refractivity contribution >= 4 is 0 Å². The summed E-state index contributed by atoms with van der Waals surface area (Å²) in [6.45, 7) is 4.05. The maximum Gasteiger partial charge on any atom is 0.159 e. The van der Waals surface area contributed by atoms with Crippen LogP contribution in [0.3, 0.4) is 0 Å². The molecule has 0 N–H and O–H groups in total. The molecule has 0 radical (unpaired) electrons. The highest BCUT2D eigenvalue weighted by Crippen LogP contribution is 2.15. The Hall–Kier alpha value is -0.120. The maximum atomic E-state index is 5.59. The van der Waals surface area contributed by atoms with Gasteiger partial charge in [0.1, 0.15) is 6.73 Å². The summed E-state index contributed by atoms with van der Waals surface area (Å²) in [7, 11) is 0. The van der Waals surface area contributed by atoms with E-state index in [1.807, 2.05) is 0 Å². The van der Waals surface area contributed by atoms with Crippen LogP contribution in [0.25, 0.3) is 0 Å². The van der Waals surface area contributed by atoms with Gasteiger partial charge in [0.15, 0.2) is 6.29 Å². The van der Waals surface area contributed by atoms with Gasteiger partial charge in [-0.15, -0.1) is 0 Å². The van der Waals surface area contributed by atoms with Crippen molar-refractivity contribution in [1.29, 1.82) is 0 Å². The molecule has 2 aliphatic rings. The average molecular weight is 171 g/mol. The van der Waals surface area contributed by atoms with Gasteiger partial charge in [0, 0.05) is 19.7 Å². The third-order valence-electron chi connectivity index (χ3n) is 2.53. The van der Waals surface area contributed by atoms with Crippen molar-refractivity contribution in [3.63, 3.8) is 0 Å². The number of hydrogen-bond acceptors (Lipinski definition) is 3. The Morgan fingerprint density at radius 1 is 1.25 bits per heavy atom. The molecule has 3 heteroatoms. The Bertz CT molecular complexity index is 130. The van der Waals surface area contributed by atoms with E-state index in [-0.39, 0.29) is 6.29 Å². The van der Waals surface area contributed by atoms with Crippen LogP contribution in [0.4, 0.5) is 0 Å². The highest BCUT2D eigenvalue weighted by molar-refractivity contribution is 4.64. The van der Waals surface area contributed by atoms with Crippen molar-refractivity contribution in [2.75, 3.05) is 26.4 Å². The number of rotatable bonds is 3. The van der Waals surface area contributed by atoms with Crippen molar-refractivity contribution < 1.29 is 9.47 Å². The summed E-state index contributed by atoms with van der Waals surface area (Å²) >= 11 is 0. The molecule has 0 saturated carbocycles. The lowest BCUT2D eigenvalue weighted by Gasteiger charge is -2.32. The van der Waals surface area contributed by atoms with E-state index in [2.05, 4.69) is 4.90 Å². The number of nitrogens with zero attached hydrogens (tertiary/aromatic N) is 1. The second kappa shape index (κ2) is 4.21. The summed E-state index contributed by atoms with van der Waals surface area (Å²) in [6, 6.07) is 0. The van der Waals surface area contributed by atoms with Crippen molar-refractivity contribution in [3.05, 3.63) is 0 Å². The molecule has 2 rings (SSSR count). The van der Waals surface area contributed by atoms with Crippen LogP contribution in [0.5, 0.6) is 0 Å². The Morgan fingerprint density at radius 3 is 2.75 bits per heavy atom. The lowest BCUT2D eigenvalue weighted by molar-refractivity contribution is -0.189. The summed E-state index contributed by atoms with van der Waals surface area (Å²) in [5, 5.41) is 0. The molecule has 0 spiro atoms. The molecule has 0 aliphatic carbocycles. The highest BCUT2D eigenvalue weighted by Gasteiger charge is 2.18. The van der Waals surface area contributed by atoms with E-state index in [1.165, 1.54) is 32.4 Å². The minimum Gasteiger partial charge on any atom is -0.353 e. The van der Waals surface area contributed by atoms with E-state index in [9.17, 15) is 0 Å². The molecule has 2 heterocycles. The first-order valence-corrected chi connectivity index (χ1v) is 4.91. The average Bonchev–Trinajstić information content (AvgIpc) is 2.04. The third-order valence-corrected chi connectivity index (χ3v) is 2.53. The van der Waals surface area contributed by atoms with Gasteiger partial charge in [0.05, 0.1) is 0 Å². The van der Waals surface area contributed by atoms with Gasteiger partial charge in [-0.25, -0.2) is 0 Å². The summed E-state index contributed by atoms with van der Waals surface area (Å²) < 4.78 is 11.0. The van der Waals surface area contributed by atoms with Crippen LogP contribution in [0.2, 0.25) is 0 Å². The number of ether oxygens (including phenoxy) is 2. The van der Waals surface area contributed by atoms with Gasteiger partial charge in [-0.1, -0.05) is 0 Å². The van der Waals surface area contributed by atoms with Crippen molar-refractivity contribution in [3.8, 4) is 0 Å². The monoisotopic (exact) mass is 171 g/mol. The Morgan fingerprint density at radius 2 is 2.17 bits per heavy atom. The van der Waals surface area contributed by atoms with Crippen LogP contribution in [0.15, 0.2) is 0 Å². The van der Waals surface area contributed by atoms with Crippen LogP contribution < -0.4 is 0 Å². The van der Waals surface area contributed by atoms with Crippen LogP contribution in [-0.2, 0) is 9.47 Å². The van der Waals surface area contributed by atoms with Crippen LogP contribution in [-0.4, -0.2) is 37.6 Å². The fourth-order valence-electron chi connectivity index (χ4n) is 1.54. The SMILES string of the molecule is C1CCC(OCN2CCC2)OC1. The predicted octanol–water partition coefficient (Wildman–Crippen LogP) is 1.19. The molecule has 0 aromatic rings. The second-order valence-corrected chi connectivity index (χ2v) is 3.56. The molecule has 70 valence electrons. The minimum atomic E-state index is 0.0827. The van der Waals surface area contributed by atoms with Gasteiger partial charge in [-0.2, -0.15) is 0 Å². The number of hydrogen-bond donors (Lipinski definition) is 0. The van der Waals surface area contributed by atoms with E-state index in [0.29, 0.717) is 0 Å². The van der Waals surface area contributed by atoms with Crippen LogP contribution in [0.1, 0.15) is 25.7 Å². The maximum absolute atomic E-state index is 5.59. The zero-order valence-corrected chi connectivity index (χ0v) is 7.50. The number of likely N-dealkylation sites (tertiary alicyclic amines) is 1. The van der Waals surface area contributed by atoms with Crippen LogP contribution >= 0.6 is 0 Å². The first kappa shape index (κ1) is 8.48. The highest BCUT2D eigenvalue weighted by atomic mass is 16.7. The van der Waals surface area contributed by atoms with E-state index in [4.69, 9.17) is 9.47 Å². The van der Waals surface area contributed by atoms with Crippen LogP contribution in [0, 0.1) is 0 Å². The summed E-state index contributed by atoms with van der Waals surface area (Å²) in [4.78, 5) is 2.30. The van der Waals surface area contributed by atoms with Gasteiger partial charge in [0.25, 0.3) is 0 Å². The smallest absolute Gasteiger partial charge is 0.159 e. The molecule has 2 saturated heterocycles. The van der Waals surface area contributed by atoms with E-state index in [1.54, 1.807) is 0 Å². The molecule has 3 nitrogen and oxygen atoms in total. The van der Waals surface area contributed by atoms with Crippen molar-refractivity contribution in [1.82, 2.24) is 4.90 Å². The Kier molecular flexibility index (Phi) is 2.98. The molecule has 0 amide bonds. The van der Waals surface area contributed by atoms with Gasteiger partial charge in [0.2, 0.25) is 0 Å². The lowest BCUT2D eigenvalue weighted by atomic mass is 10.2. The molecule has 2 fully saturated rings. The summed E-state index contributed by atoms with van der Waals surface area (Å²) in [5.74, 6) is 0. The second-order valence-electron chi connectivity index (χ2n) is 3.56. The van der Waals surface area contributed by atoms with Crippen molar-refractivity contribution in [2.24, 2.45) is 0 Å². The van der Waals surface area contributed by atoms with E-state index >= 15 is 0 Å². The molecule has 0 aromatic heterocycles. The molecule has 0 bridgehead atoms. The van der Waals surface area contributed by atoms with Gasteiger partial charge in [-0.05, 0) is 25.7 Å².